The van der Waals surface area contributed by atoms with Gasteiger partial charge in [0.25, 0.3) is 0 Å². The van der Waals surface area contributed by atoms with Crippen LogP contribution in [-0.2, 0) is 0 Å². The number of hydrogen-bond acceptors (Lipinski definition) is 6. The summed E-state index contributed by atoms with van der Waals surface area (Å²) in [5.41, 5.74) is 1.93. The lowest BCUT2D eigenvalue weighted by Crippen LogP contribution is -2.05. The van der Waals surface area contributed by atoms with Crippen molar-refractivity contribution in [2.75, 3.05) is 19.0 Å². The average molecular weight is 245 g/mol. The number of nitrogens with zero attached hydrogens (tertiary/aromatic N) is 4. The Morgan fingerprint density at radius 2 is 2.11 bits per heavy atom. The smallest absolute Gasteiger partial charge is 0.321 e. The number of pyridine rings is 1. The zero-order valence-corrected chi connectivity index (χ0v) is 10.6. The molecule has 18 heavy (non-hydrogen) atoms. The Hall–Kier alpha value is -2.24. The van der Waals surface area contributed by atoms with Crippen molar-refractivity contribution in [3.05, 3.63) is 24.0 Å². The Bertz CT molecular complexity index is 544. The van der Waals surface area contributed by atoms with Crippen molar-refractivity contribution in [3.8, 4) is 17.4 Å². The fraction of sp³-hybridized carbons (Fsp3) is 0.333. The number of ether oxygens (including phenoxy) is 1. The van der Waals surface area contributed by atoms with Crippen LogP contribution in [0.4, 0.5) is 5.95 Å². The largest absolute Gasteiger partial charge is 0.464 e. The molecule has 2 rings (SSSR count). The Labute approximate surface area is 105 Å². The Kier molecular flexibility index (Phi) is 3.66. The van der Waals surface area contributed by atoms with Crippen LogP contribution in [-0.4, -0.2) is 33.6 Å². The van der Waals surface area contributed by atoms with Gasteiger partial charge >= 0.3 is 6.01 Å². The quantitative estimate of drug-likeness (QED) is 0.883. The van der Waals surface area contributed by atoms with Gasteiger partial charge in [-0.1, -0.05) is 0 Å². The summed E-state index contributed by atoms with van der Waals surface area (Å²) >= 11 is 0. The lowest BCUT2D eigenvalue weighted by molar-refractivity contribution is 0.312. The summed E-state index contributed by atoms with van der Waals surface area (Å²) in [6, 6.07) is 2.20. The zero-order valence-electron chi connectivity index (χ0n) is 10.6. The van der Waals surface area contributed by atoms with Crippen molar-refractivity contribution in [3.63, 3.8) is 0 Å². The molecule has 0 aliphatic rings. The van der Waals surface area contributed by atoms with Gasteiger partial charge in [-0.25, -0.2) is 0 Å². The third-order valence-corrected chi connectivity index (χ3v) is 2.37. The molecule has 2 aromatic rings. The number of anilines is 1. The van der Waals surface area contributed by atoms with E-state index in [4.69, 9.17) is 4.74 Å². The van der Waals surface area contributed by atoms with Crippen LogP contribution in [0.15, 0.2) is 18.5 Å². The fourth-order valence-electron chi connectivity index (χ4n) is 1.51. The Morgan fingerprint density at radius 3 is 2.78 bits per heavy atom. The van der Waals surface area contributed by atoms with Crippen molar-refractivity contribution in [2.45, 2.75) is 13.8 Å². The lowest BCUT2D eigenvalue weighted by Gasteiger charge is -2.08. The van der Waals surface area contributed by atoms with Gasteiger partial charge in [0.1, 0.15) is 0 Å². The summed E-state index contributed by atoms with van der Waals surface area (Å²) in [6.07, 6.45) is 3.49. The second kappa shape index (κ2) is 5.39. The molecule has 94 valence electrons. The molecule has 2 aromatic heterocycles. The highest BCUT2D eigenvalue weighted by molar-refractivity contribution is 5.59. The Morgan fingerprint density at radius 1 is 1.28 bits per heavy atom. The molecular formula is C12H15N5O. The van der Waals surface area contributed by atoms with Crippen LogP contribution in [0.25, 0.3) is 11.4 Å². The van der Waals surface area contributed by atoms with E-state index in [2.05, 4.69) is 25.3 Å². The standard InChI is InChI=1S/C12H15N5O/c1-4-18-12-16-10(15-11(13-3)17-12)9-5-6-14-7-8(9)2/h5-7H,4H2,1-3H3,(H,13,15,16,17). The van der Waals surface area contributed by atoms with Crippen LogP contribution in [0.3, 0.4) is 0 Å². The third-order valence-electron chi connectivity index (χ3n) is 2.37. The van der Waals surface area contributed by atoms with Gasteiger partial charge in [0.15, 0.2) is 5.82 Å². The van der Waals surface area contributed by atoms with E-state index in [0.717, 1.165) is 11.1 Å². The highest BCUT2D eigenvalue weighted by atomic mass is 16.5. The van der Waals surface area contributed by atoms with E-state index in [0.29, 0.717) is 24.4 Å². The third kappa shape index (κ3) is 2.53. The van der Waals surface area contributed by atoms with Crippen molar-refractivity contribution in [2.24, 2.45) is 0 Å². The van der Waals surface area contributed by atoms with Gasteiger partial charge in [0, 0.05) is 25.0 Å². The number of hydrogen-bond donors (Lipinski definition) is 1. The van der Waals surface area contributed by atoms with Crippen LogP contribution in [0.1, 0.15) is 12.5 Å². The first-order valence-corrected chi connectivity index (χ1v) is 5.72. The summed E-state index contributed by atoms with van der Waals surface area (Å²) in [5.74, 6) is 1.07. The van der Waals surface area contributed by atoms with Crippen LogP contribution < -0.4 is 10.1 Å². The fourth-order valence-corrected chi connectivity index (χ4v) is 1.51. The van der Waals surface area contributed by atoms with E-state index in [-0.39, 0.29) is 0 Å². The molecule has 0 saturated heterocycles. The molecule has 0 aliphatic carbocycles. The zero-order chi connectivity index (χ0) is 13.0. The molecule has 0 unspecified atom stereocenters. The topological polar surface area (TPSA) is 72.8 Å². The lowest BCUT2D eigenvalue weighted by atomic mass is 10.1. The number of nitrogens with one attached hydrogen (secondary N) is 1. The van der Waals surface area contributed by atoms with Gasteiger partial charge in [-0.05, 0) is 25.5 Å². The number of aromatic nitrogens is 4. The van der Waals surface area contributed by atoms with Gasteiger partial charge in [-0.15, -0.1) is 0 Å². The maximum atomic E-state index is 5.33. The van der Waals surface area contributed by atoms with Gasteiger partial charge in [0.2, 0.25) is 5.95 Å². The molecule has 1 N–H and O–H groups in total. The van der Waals surface area contributed by atoms with Crippen molar-refractivity contribution >= 4 is 5.95 Å². The molecule has 0 saturated carbocycles. The molecule has 6 nitrogen and oxygen atoms in total. The molecule has 2 heterocycles. The molecule has 0 spiro atoms. The summed E-state index contributed by atoms with van der Waals surface area (Å²) in [6.45, 7) is 4.37. The molecule has 6 heteroatoms. The van der Waals surface area contributed by atoms with E-state index in [1.54, 1.807) is 19.4 Å². The minimum atomic E-state index is 0.322. The second-order valence-electron chi connectivity index (χ2n) is 3.64. The summed E-state index contributed by atoms with van der Waals surface area (Å²) in [5, 5.41) is 2.90. The molecular weight excluding hydrogens is 230 g/mol. The summed E-state index contributed by atoms with van der Waals surface area (Å²) in [7, 11) is 1.76. The predicted octanol–water partition coefficient (Wildman–Crippen LogP) is 1.68. The van der Waals surface area contributed by atoms with Gasteiger partial charge < -0.3 is 10.1 Å². The number of rotatable bonds is 4. The van der Waals surface area contributed by atoms with Gasteiger partial charge in [-0.3, -0.25) is 4.98 Å². The molecule has 0 atom stereocenters. The van der Waals surface area contributed by atoms with E-state index < -0.39 is 0 Å². The molecule has 0 radical (unpaired) electrons. The number of aryl methyl sites for hydroxylation is 1. The maximum Gasteiger partial charge on any atom is 0.321 e. The molecule has 0 bridgehead atoms. The molecule has 0 amide bonds. The van der Waals surface area contributed by atoms with Crippen LogP contribution in [0.2, 0.25) is 0 Å². The first-order chi connectivity index (χ1) is 8.74. The second-order valence-corrected chi connectivity index (χ2v) is 3.64. The van der Waals surface area contributed by atoms with Crippen LogP contribution in [0, 0.1) is 6.92 Å². The van der Waals surface area contributed by atoms with E-state index in [1.165, 1.54) is 0 Å². The minimum absolute atomic E-state index is 0.322. The van der Waals surface area contributed by atoms with E-state index in [9.17, 15) is 0 Å². The van der Waals surface area contributed by atoms with E-state index >= 15 is 0 Å². The van der Waals surface area contributed by atoms with E-state index in [1.807, 2.05) is 19.9 Å². The molecule has 0 fully saturated rings. The summed E-state index contributed by atoms with van der Waals surface area (Å²) in [4.78, 5) is 16.8. The highest BCUT2D eigenvalue weighted by Crippen LogP contribution is 2.21. The Balaban J connectivity index is 2.50. The minimum Gasteiger partial charge on any atom is -0.464 e. The van der Waals surface area contributed by atoms with Gasteiger partial charge in [-0.2, -0.15) is 15.0 Å². The monoisotopic (exact) mass is 245 g/mol. The normalized spacial score (nSPS) is 10.2. The maximum absolute atomic E-state index is 5.33. The SMILES string of the molecule is CCOc1nc(NC)nc(-c2ccncc2C)n1. The van der Waals surface area contributed by atoms with Crippen LogP contribution in [0.5, 0.6) is 6.01 Å². The summed E-state index contributed by atoms with van der Waals surface area (Å²) < 4.78 is 5.33. The van der Waals surface area contributed by atoms with Crippen molar-refractivity contribution in [1.82, 2.24) is 19.9 Å². The van der Waals surface area contributed by atoms with Crippen molar-refractivity contribution < 1.29 is 4.74 Å². The molecule has 0 aliphatic heterocycles. The van der Waals surface area contributed by atoms with Crippen LogP contribution >= 0.6 is 0 Å². The first-order valence-electron chi connectivity index (χ1n) is 5.72. The van der Waals surface area contributed by atoms with Gasteiger partial charge in [0.05, 0.1) is 6.61 Å². The first kappa shape index (κ1) is 12.2. The van der Waals surface area contributed by atoms with Crippen molar-refractivity contribution in [1.29, 1.82) is 0 Å². The molecule has 0 aromatic carbocycles. The highest BCUT2D eigenvalue weighted by Gasteiger charge is 2.10. The predicted molar refractivity (Wildman–Crippen MR) is 68.5 cm³/mol. The average Bonchev–Trinajstić information content (AvgIpc) is 2.39.